The molecule has 1 N–H and O–H groups in total. The molecule has 0 heterocycles. The maximum Gasteiger partial charge on any atom is 0.428 e. The lowest BCUT2D eigenvalue weighted by molar-refractivity contribution is -0.124. The van der Waals surface area contributed by atoms with Gasteiger partial charge in [-0.2, -0.15) is 0 Å². The number of nitrogens with one attached hydrogen (secondary N) is 1. The van der Waals surface area contributed by atoms with E-state index in [1.807, 2.05) is 0 Å². The van der Waals surface area contributed by atoms with Gasteiger partial charge in [0.1, 0.15) is 5.60 Å². The van der Waals surface area contributed by atoms with Crippen molar-refractivity contribution in [3.05, 3.63) is 11.3 Å². The highest BCUT2D eigenvalue weighted by atomic mass is 16.6. The van der Waals surface area contributed by atoms with Crippen molar-refractivity contribution in [2.24, 2.45) is 5.92 Å². The molecule has 2 aliphatic rings. The number of Topliss-reactive ketones (excluding diaryl/α,β-unsaturated/α-hetero) is 2. The molecule has 1 amide bonds. The van der Waals surface area contributed by atoms with Crippen molar-refractivity contribution in [1.82, 2.24) is 10.4 Å². The monoisotopic (exact) mass is 336 g/mol. The summed E-state index contributed by atoms with van der Waals surface area (Å²) in [6.07, 6.45) is 4.92. The lowest BCUT2D eigenvalue weighted by Crippen LogP contribution is -2.44. The molecule has 0 spiro atoms. The summed E-state index contributed by atoms with van der Waals surface area (Å²) >= 11 is 0. The van der Waals surface area contributed by atoms with Crippen LogP contribution in [0.15, 0.2) is 11.3 Å². The van der Waals surface area contributed by atoms with Crippen LogP contribution in [0.5, 0.6) is 0 Å². The zero-order valence-electron chi connectivity index (χ0n) is 15.1. The third-order valence-corrected chi connectivity index (χ3v) is 4.35. The molecule has 0 aromatic heterocycles. The van der Waals surface area contributed by atoms with Crippen molar-refractivity contribution in [2.75, 3.05) is 7.05 Å². The predicted molar refractivity (Wildman–Crippen MR) is 90.0 cm³/mol. The van der Waals surface area contributed by atoms with Gasteiger partial charge in [0.2, 0.25) is 0 Å². The van der Waals surface area contributed by atoms with Crippen molar-refractivity contribution in [3.8, 4) is 0 Å². The molecule has 2 aliphatic carbocycles. The van der Waals surface area contributed by atoms with E-state index in [9.17, 15) is 14.4 Å². The smallest absolute Gasteiger partial charge is 0.428 e. The van der Waals surface area contributed by atoms with Crippen LogP contribution < -0.4 is 5.43 Å². The maximum absolute atomic E-state index is 12.7. The lowest BCUT2D eigenvalue weighted by atomic mass is 9.86. The number of hydrogen-bond acceptors (Lipinski definition) is 5. The van der Waals surface area contributed by atoms with Crippen molar-refractivity contribution in [1.29, 1.82) is 0 Å². The minimum absolute atomic E-state index is 0.0503. The molecule has 0 aliphatic heterocycles. The van der Waals surface area contributed by atoms with E-state index < -0.39 is 11.7 Å². The van der Waals surface area contributed by atoms with Gasteiger partial charge in [0.25, 0.3) is 0 Å². The summed E-state index contributed by atoms with van der Waals surface area (Å²) in [6.45, 7) is 5.37. The summed E-state index contributed by atoms with van der Waals surface area (Å²) in [4.78, 5) is 37.2. The van der Waals surface area contributed by atoms with E-state index in [1.54, 1.807) is 20.8 Å². The van der Waals surface area contributed by atoms with E-state index >= 15 is 0 Å². The van der Waals surface area contributed by atoms with E-state index in [2.05, 4.69) is 5.43 Å². The minimum atomic E-state index is -0.605. The average molecular weight is 336 g/mol. The topological polar surface area (TPSA) is 75.7 Å². The van der Waals surface area contributed by atoms with Crippen LogP contribution in [0.4, 0.5) is 4.79 Å². The number of hydrazine groups is 1. The van der Waals surface area contributed by atoms with E-state index in [4.69, 9.17) is 4.74 Å². The third-order valence-electron chi connectivity index (χ3n) is 4.35. The number of nitrogens with zero attached hydrogens (tertiary/aromatic N) is 1. The van der Waals surface area contributed by atoms with Crippen molar-refractivity contribution >= 4 is 17.7 Å². The first kappa shape index (κ1) is 18.5. The maximum atomic E-state index is 12.7. The molecule has 0 atom stereocenters. The van der Waals surface area contributed by atoms with E-state index in [0.29, 0.717) is 25.0 Å². The fraction of sp³-hybridized carbons (Fsp3) is 0.722. The largest absolute Gasteiger partial charge is 0.442 e. The molecule has 6 heteroatoms. The number of ether oxygens (including phenoxy) is 1. The molecule has 2 rings (SSSR count). The number of ketones is 2. The summed E-state index contributed by atoms with van der Waals surface area (Å²) in [7, 11) is 1.54. The number of amides is 1. The van der Waals surface area contributed by atoms with Crippen molar-refractivity contribution in [3.63, 3.8) is 0 Å². The Morgan fingerprint density at radius 1 is 1.12 bits per heavy atom. The molecule has 0 bridgehead atoms. The zero-order chi connectivity index (χ0) is 17.9. The Bertz CT molecular complexity index is 554. The van der Waals surface area contributed by atoms with Gasteiger partial charge in [0.05, 0.1) is 5.57 Å². The van der Waals surface area contributed by atoms with Gasteiger partial charge in [-0.15, -0.1) is 0 Å². The van der Waals surface area contributed by atoms with Crippen molar-refractivity contribution in [2.45, 2.75) is 71.3 Å². The highest BCUT2D eigenvalue weighted by molar-refractivity contribution is 6.21. The quantitative estimate of drug-likeness (QED) is 0.630. The molecule has 1 fully saturated rings. The van der Waals surface area contributed by atoms with Crippen LogP contribution in [0.25, 0.3) is 0 Å². The number of carbonyl (C=O) groups is 3. The van der Waals surface area contributed by atoms with Crippen LogP contribution in [-0.4, -0.2) is 35.3 Å². The SMILES string of the molecule is CN(NC1=C(C(=O)C2CCCC2)C(=O)CCC1)C(=O)OC(C)(C)C. The Morgan fingerprint density at radius 3 is 2.33 bits per heavy atom. The molecular formula is C18H28N2O4. The lowest BCUT2D eigenvalue weighted by Gasteiger charge is -2.28. The molecule has 134 valence electrons. The van der Waals surface area contributed by atoms with Gasteiger partial charge in [-0.05, 0) is 46.5 Å². The van der Waals surface area contributed by atoms with Gasteiger partial charge in [-0.3, -0.25) is 15.0 Å². The average Bonchev–Trinajstić information content (AvgIpc) is 2.99. The molecule has 0 aromatic rings. The van der Waals surface area contributed by atoms with Crippen LogP contribution in [0.3, 0.4) is 0 Å². The highest BCUT2D eigenvalue weighted by Gasteiger charge is 2.33. The number of allylic oxidation sites excluding steroid dienone is 2. The van der Waals surface area contributed by atoms with Crippen molar-refractivity contribution < 1.29 is 19.1 Å². The Labute approximate surface area is 143 Å². The van der Waals surface area contributed by atoms with E-state index in [-0.39, 0.29) is 23.1 Å². The summed E-state index contributed by atoms with van der Waals surface area (Å²) in [6, 6.07) is 0. The molecule has 24 heavy (non-hydrogen) atoms. The van der Waals surface area contributed by atoms with Gasteiger partial charge in [-0.25, -0.2) is 9.80 Å². The number of hydrogen-bond donors (Lipinski definition) is 1. The normalized spacial score (nSPS) is 19.4. The van der Waals surface area contributed by atoms with Gasteiger partial charge >= 0.3 is 6.09 Å². The second kappa shape index (κ2) is 7.36. The fourth-order valence-corrected chi connectivity index (χ4v) is 3.21. The van der Waals surface area contributed by atoms with E-state index in [1.165, 1.54) is 12.1 Å². The molecule has 0 unspecified atom stereocenters. The third kappa shape index (κ3) is 4.58. The molecule has 0 saturated heterocycles. The predicted octanol–water partition coefficient (Wildman–Crippen LogP) is 3.12. The van der Waals surface area contributed by atoms with Crippen LogP contribution in [0.1, 0.15) is 65.7 Å². The molecule has 1 saturated carbocycles. The Morgan fingerprint density at radius 2 is 1.75 bits per heavy atom. The summed E-state index contributed by atoms with van der Waals surface area (Å²) < 4.78 is 5.30. The van der Waals surface area contributed by atoms with Gasteiger partial charge in [0.15, 0.2) is 11.6 Å². The summed E-state index contributed by atoms with van der Waals surface area (Å²) in [5, 5.41) is 1.21. The first-order valence-corrected chi connectivity index (χ1v) is 8.73. The van der Waals surface area contributed by atoms with Gasteiger partial charge in [0, 0.05) is 25.1 Å². The standard InChI is InChI=1S/C18H28N2O4/c1-18(2,3)24-17(23)20(4)19-13-10-7-11-14(21)15(13)16(22)12-8-5-6-9-12/h12,19H,5-11H2,1-4H3. The Hall–Kier alpha value is -1.85. The first-order valence-electron chi connectivity index (χ1n) is 8.73. The second-order valence-corrected chi connectivity index (χ2v) is 7.63. The summed E-state index contributed by atoms with van der Waals surface area (Å²) in [5.41, 5.74) is 3.14. The Balaban J connectivity index is 2.16. The zero-order valence-corrected chi connectivity index (χ0v) is 15.1. The number of rotatable bonds is 4. The number of carbonyl (C=O) groups excluding carboxylic acids is 3. The van der Waals surface area contributed by atoms with Crippen LogP contribution >= 0.6 is 0 Å². The fourth-order valence-electron chi connectivity index (χ4n) is 3.21. The minimum Gasteiger partial charge on any atom is -0.442 e. The second-order valence-electron chi connectivity index (χ2n) is 7.63. The first-order chi connectivity index (χ1) is 11.2. The van der Waals surface area contributed by atoms with Gasteiger partial charge < -0.3 is 4.74 Å². The molecule has 0 aromatic carbocycles. The molecular weight excluding hydrogens is 308 g/mol. The summed E-state index contributed by atoms with van der Waals surface area (Å²) in [5.74, 6) is -0.221. The highest BCUT2D eigenvalue weighted by Crippen LogP contribution is 2.31. The van der Waals surface area contributed by atoms with E-state index in [0.717, 1.165) is 25.7 Å². The van der Waals surface area contributed by atoms with Crippen LogP contribution in [0, 0.1) is 5.92 Å². The molecule has 0 radical (unpaired) electrons. The Kier molecular flexibility index (Phi) is 5.67. The van der Waals surface area contributed by atoms with Gasteiger partial charge in [-0.1, -0.05) is 12.8 Å². The van der Waals surface area contributed by atoms with Crippen LogP contribution in [0.2, 0.25) is 0 Å². The molecule has 6 nitrogen and oxygen atoms in total. The van der Waals surface area contributed by atoms with Crippen LogP contribution in [-0.2, 0) is 14.3 Å².